The van der Waals surface area contributed by atoms with Crippen molar-refractivity contribution < 1.29 is 4.43 Å². The Morgan fingerprint density at radius 1 is 1.18 bits per heavy atom. The van der Waals surface area contributed by atoms with Crippen molar-refractivity contribution in [2.45, 2.75) is 63.6 Å². The lowest BCUT2D eigenvalue weighted by Gasteiger charge is -2.42. The van der Waals surface area contributed by atoms with Gasteiger partial charge in [-0.3, -0.25) is 4.90 Å². The fourth-order valence-corrected chi connectivity index (χ4v) is 5.23. The number of hydrogen-bond donors (Lipinski definition) is 0. The lowest BCUT2D eigenvalue weighted by Crippen LogP contribution is -2.51. The Labute approximate surface area is 135 Å². The lowest BCUT2D eigenvalue weighted by molar-refractivity contribution is 0.0186. The van der Waals surface area contributed by atoms with Gasteiger partial charge in [-0.05, 0) is 44.5 Å². The Kier molecular flexibility index (Phi) is 4.40. The van der Waals surface area contributed by atoms with Crippen molar-refractivity contribution in [2.75, 3.05) is 0 Å². The first-order chi connectivity index (χ1) is 10.5. The molecule has 4 heteroatoms. The van der Waals surface area contributed by atoms with E-state index in [1.165, 1.54) is 5.56 Å². The molecule has 3 rings (SSSR count). The fourth-order valence-electron chi connectivity index (χ4n) is 4.05. The summed E-state index contributed by atoms with van der Waals surface area (Å²) in [5, 5.41) is 9.51. The Balaban J connectivity index is 1.80. The molecule has 2 bridgehead atoms. The summed E-state index contributed by atoms with van der Waals surface area (Å²) in [7, 11) is -1.55. The van der Waals surface area contributed by atoms with Crippen LogP contribution in [-0.2, 0) is 11.0 Å². The normalized spacial score (nSPS) is 31.9. The first kappa shape index (κ1) is 15.7. The zero-order valence-electron chi connectivity index (χ0n) is 13.8. The second-order valence-corrected chi connectivity index (χ2v) is 12.1. The summed E-state index contributed by atoms with van der Waals surface area (Å²) in [5.41, 5.74) is 1.34. The van der Waals surface area contributed by atoms with E-state index in [1.807, 2.05) is 0 Å². The third kappa shape index (κ3) is 3.27. The van der Waals surface area contributed by atoms with Crippen molar-refractivity contribution in [3.8, 4) is 6.07 Å². The van der Waals surface area contributed by atoms with E-state index in [0.29, 0.717) is 18.2 Å². The molecule has 0 spiro atoms. The molecule has 2 saturated heterocycles. The van der Waals surface area contributed by atoms with Gasteiger partial charge in [0.05, 0.1) is 18.1 Å². The predicted molar refractivity (Wildman–Crippen MR) is 90.7 cm³/mol. The van der Waals surface area contributed by atoms with Crippen molar-refractivity contribution >= 4 is 8.32 Å². The molecular weight excluding hydrogens is 288 g/mol. The number of nitrogens with zero attached hydrogens (tertiary/aromatic N) is 2. The minimum Gasteiger partial charge on any atom is -0.413 e. The molecule has 0 aromatic heterocycles. The molecule has 2 heterocycles. The number of piperidine rings is 1. The van der Waals surface area contributed by atoms with Crippen molar-refractivity contribution in [1.82, 2.24) is 4.90 Å². The van der Waals surface area contributed by atoms with Gasteiger partial charge in [-0.15, -0.1) is 0 Å². The van der Waals surface area contributed by atoms with Gasteiger partial charge >= 0.3 is 0 Å². The van der Waals surface area contributed by atoms with E-state index < -0.39 is 8.32 Å². The molecule has 0 unspecified atom stereocenters. The van der Waals surface area contributed by atoms with E-state index in [0.717, 1.165) is 25.8 Å². The summed E-state index contributed by atoms with van der Waals surface area (Å²) in [6.07, 6.45) is 3.49. The average Bonchev–Trinajstić information content (AvgIpc) is 2.70. The van der Waals surface area contributed by atoms with Crippen LogP contribution < -0.4 is 0 Å². The van der Waals surface area contributed by atoms with E-state index in [-0.39, 0.29) is 5.92 Å². The molecule has 0 N–H and O–H groups in total. The maximum Gasteiger partial charge on any atom is 0.184 e. The minimum atomic E-state index is -1.55. The molecule has 1 aromatic carbocycles. The molecule has 0 saturated carbocycles. The van der Waals surface area contributed by atoms with E-state index in [9.17, 15) is 5.26 Å². The van der Waals surface area contributed by atoms with Crippen LogP contribution in [-0.4, -0.2) is 31.4 Å². The highest BCUT2D eigenvalue weighted by Crippen LogP contribution is 2.42. The van der Waals surface area contributed by atoms with Crippen molar-refractivity contribution in [1.29, 1.82) is 5.26 Å². The summed E-state index contributed by atoms with van der Waals surface area (Å²) >= 11 is 0. The van der Waals surface area contributed by atoms with Gasteiger partial charge in [-0.25, -0.2) is 0 Å². The van der Waals surface area contributed by atoms with Gasteiger partial charge in [0.1, 0.15) is 0 Å². The maximum absolute atomic E-state index is 9.51. The number of benzene rings is 1. The number of fused-ring (bicyclic) bond motifs is 2. The Hall–Kier alpha value is -1.15. The number of rotatable bonds is 4. The molecule has 0 radical (unpaired) electrons. The van der Waals surface area contributed by atoms with Gasteiger partial charge in [0, 0.05) is 18.6 Å². The monoisotopic (exact) mass is 314 g/mol. The van der Waals surface area contributed by atoms with Crippen molar-refractivity contribution in [3.05, 3.63) is 35.9 Å². The smallest absolute Gasteiger partial charge is 0.184 e. The molecule has 22 heavy (non-hydrogen) atoms. The van der Waals surface area contributed by atoms with Gasteiger partial charge in [0.15, 0.2) is 8.32 Å². The Morgan fingerprint density at radius 2 is 1.91 bits per heavy atom. The van der Waals surface area contributed by atoms with Crippen LogP contribution in [0.25, 0.3) is 0 Å². The first-order valence-electron chi connectivity index (χ1n) is 8.35. The molecular formula is C18H26N2OSi. The van der Waals surface area contributed by atoms with Crippen LogP contribution in [0, 0.1) is 17.2 Å². The topological polar surface area (TPSA) is 36.3 Å². The second-order valence-electron chi connectivity index (χ2n) is 7.61. The zero-order valence-corrected chi connectivity index (χ0v) is 14.8. The molecule has 3 nitrogen and oxygen atoms in total. The summed E-state index contributed by atoms with van der Waals surface area (Å²) in [6, 6.07) is 14.0. The molecule has 0 amide bonds. The highest BCUT2D eigenvalue weighted by atomic mass is 28.4. The van der Waals surface area contributed by atoms with Crippen LogP contribution in [0.4, 0.5) is 0 Å². The third-order valence-electron chi connectivity index (χ3n) is 4.87. The minimum absolute atomic E-state index is 0.170. The summed E-state index contributed by atoms with van der Waals surface area (Å²) in [5.74, 6) is 0.170. The third-order valence-corrected chi connectivity index (χ3v) is 5.88. The SMILES string of the molecule is C[Si](C)(C)O[C@@H]1CC[C@@H]2[C@H](C#N)C[C@H]1N2Cc1ccccc1. The van der Waals surface area contributed by atoms with Gasteiger partial charge < -0.3 is 4.43 Å². The Morgan fingerprint density at radius 3 is 2.55 bits per heavy atom. The molecule has 4 atom stereocenters. The lowest BCUT2D eigenvalue weighted by atomic mass is 9.97. The van der Waals surface area contributed by atoms with Crippen LogP contribution in [0.2, 0.25) is 19.6 Å². The highest BCUT2D eigenvalue weighted by molar-refractivity contribution is 6.69. The van der Waals surface area contributed by atoms with Crippen LogP contribution in [0.3, 0.4) is 0 Å². The van der Waals surface area contributed by atoms with Crippen molar-refractivity contribution in [2.24, 2.45) is 5.92 Å². The molecule has 2 aliphatic rings. The molecule has 1 aromatic rings. The van der Waals surface area contributed by atoms with Gasteiger partial charge in [-0.1, -0.05) is 30.3 Å². The second kappa shape index (κ2) is 6.15. The summed E-state index contributed by atoms with van der Waals surface area (Å²) < 4.78 is 6.46. The van der Waals surface area contributed by atoms with Crippen LogP contribution in [0.5, 0.6) is 0 Å². The molecule has 2 fully saturated rings. The van der Waals surface area contributed by atoms with Gasteiger partial charge in [0.2, 0.25) is 0 Å². The van der Waals surface area contributed by atoms with Crippen LogP contribution in [0.1, 0.15) is 24.8 Å². The summed E-state index contributed by atoms with van der Waals surface area (Å²) in [6.45, 7) is 7.73. The number of nitriles is 1. The Bertz CT molecular complexity index is 548. The number of hydrogen-bond acceptors (Lipinski definition) is 3. The maximum atomic E-state index is 9.51. The fraction of sp³-hybridized carbons (Fsp3) is 0.611. The molecule has 118 valence electrons. The van der Waals surface area contributed by atoms with E-state index in [2.05, 4.69) is 60.9 Å². The van der Waals surface area contributed by atoms with Gasteiger partial charge in [0.25, 0.3) is 0 Å². The summed E-state index contributed by atoms with van der Waals surface area (Å²) in [4.78, 5) is 2.55. The largest absolute Gasteiger partial charge is 0.413 e. The van der Waals surface area contributed by atoms with Crippen molar-refractivity contribution in [3.63, 3.8) is 0 Å². The van der Waals surface area contributed by atoms with E-state index >= 15 is 0 Å². The predicted octanol–water partition coefficient (Wildman–Crippen LogP) is 3.78. The van der Waals surface area contributed by atoms with Gasteiger partial charge in [-0.2, -0.15) is 5.26 Å². The van der Waals surface area contributed by atoms with E-state index in [4.69, 9.17) is 4.43 Å². The standard InChI is InChI=1S/C18H26N2OSi/c1-22(2,3)21-18-10-9-16-15(12-19)11-17(18)20(16)13-14-7-5-4-6-8-14/h4-8,15-18H,9-11,13H2,1-3H3/t15-,16+,17+,18+/m0/s1. The highest BCUT2D eigenvalue weighted by Gasteiger charge is 2.49. The first-order valence-corrected chi connectivity index (χ1v) is 11.8. The average molecular weight is 315 g/mol. The molecule has 0 aliphatic carbocycles. The van der Waals surface area contributed by atoms with Crippen LogP contribution >= 0.6 is 0 Å². The van der Waals surface area contributed by atoms with Crippen LogP contribution in [0.15, 0.2) is 30.3 Å². The van der Waals surface area contributed by atoms with E-state index in [1.54, 1.807) is 0 Å². The molecule has 2 aliphatic heterocycles. The quantitative estimate of drug-likeness (QED) is 0.794. The zero-order chi connectivity index (χ0) is 15.7.